The summed E-state index contributed by atoms with van der Waals surface area (Å²) >= 11 is 0. The molecule has 2 heterocycles. The maximum Gasteiger partial charge on any atom is 0.243 e. The quantitative estimate of drug-likeness (QED) is 0.823. The Hall–Kier alpha value is -1.41. The Bertz CT molecular complexity index is 572. The van der Waals surface area contributed by atoms with Crippen molar-refractivity contribution in [2.24, 2.45) is 5.92 Å². The zero-order chi connectivity index (χ0) is 14.2. The fourth-order valence-corrected chi connectivity index (χ4v) is 3.69. The van der Waals surface area contributed by atoms with E-state index in [0.717, 1.165) is 12.8 Å². The van der Waals surface area contributed by atoms with Crippen molar-refractivity contribution in [1.29, 1.82) is 0 Å². The van der Waals surface area contributed by atoms with E-state index in [2.05, 4.69) is 14.9 Å². The van der Waals surface area contributed by atoms with Crippen LogP contribution in [0.1, 0.15) is 25.7 Å². The van der Waals surface area contributed by atoms with Crippen molar-refractivity contribution < 1.29 is 13.2 Å². The molecule has 0 aromatic carbocycles. The second kappa shape index (κ2) is 5.17. The standard InChI is InChI=1S/C12H18N4O3S/c17-12(9-1-2-9)16-5-3-10(4-6-16)15-20(18,19)11-7-13-14-8-11/h7-10,15H,1-6H2,(H,13,14). The lowest BCUT2D eigenvalue weighted by Crippen LogP contribution is -2.46. The predicted molar refractivity (Wildman–Crippen MR) is 71.2 cm³/mol. The average Bonchev–Trinajstić information content (AvgIpc) is 3.12. The van der Waals surface area contributed by atoms with Crippen molar-refractivity contribution >= 4 is 15.9 Å². The largest absolute Gasteiger partial charge is 0.342 e. The van der Waals surface area contributed by atoms with Gasteiger partial charge in [0.25, 0.3) is 0 Å². The minimum atomic E-state index is -3.51. The van der Waals surface area contributed by atoms with Crippen LogP contribution in [0.25, 0.3) is 0 Å². The fraction of sp³-hybridized carbons (Fsp3) is 0.667. The number of carbonyl (C=O) groups excluding carboxylic acids is 1. The molecular weight excluding hydrogens is 280 g/mol. The minimum Gasteiger partial charge on any atom is -0.342 e. The highest BCUT2D eigenvalue weighted by molar-refractivity contribution is 7.89. The Morgan fingerprint density at radius 1 is 1.30 bits per heavy atom. The molecule has 1 aromatic rings. The second-order valence-corrected chi connectivity index (χ2v) is 7.14. The van der Waals surface area contributed by atoms with E-state index >= 15 is 0 Å². The van der Waals surface area contributed by atoms with Gasteiger partial charge in [-0.3, -0.25) is 9.89 Å². The summed E-state index contributed by atoms with van der Waals surface area (Å²) in [4.78, 5) is 13.9. The number of sulfonamides is 1. The SMILES string of the molecule is O=C(C1CC1)N1CCC(NS(=O)(=O)c2cn[nH]c2)CC1. The number of hydrogen-bond acceptors (Lipinski definition) is 4. The van der Waals surface area contributed by atoms with Crippen LogP contribution in [0, 0.1) is 5.92 Å². The van der Waals surface area contributed by atoms with E-state index in [1.807, 2.05) is 4.90 Å². The molecule has 2 N–H and O–H groups in total. The van der Waals surface area contributed by atoms with Gasteiger partial charge in [0.15, 0.2) is 0 Å². The average molecular weight is 298 g/mol. The number of H-pyrrole nitrogens is 1. The van der Waals surface area contributed by atoms with Crippen LogP contribution in [-0.4, -0.2) is 48.6 Å². The molecule has 8 heteroatoms. The van der Waals surface area contributed by atoms with Crippen molar-refractivity contribution in [2.45, 2.75) is 36.6 Å². The number of hydrogen-bond donors (Lipinski definition) is 2. The van der Waals surface area contributed by atoms with Gasteiger partial charge in [0.1, 0.15) is 4.90 Å². The number of aromatic amines is 1. The molecule has 1 aromatic heterocycles. The third-order valence-corrected chi connectivity index (χ3v) is 5.33. The summed E-state index contributed by atoms with van der Waals surface area (Å²) in [5.41, 5.74) is 0. The van der Waals surface area contributed by atoms with Crippen LogP contribution >= 0.6 is 0 Å². The van der Waals surface area contributed by atoms with E-state index in [-0.39, 0.29) is 22.8 Å². The van der Waals surface area contributed by atoms with Gasteiger partial charge in [-0.1, -0.05) is 0 Å². The number of aromatic nitrogens is 2. The smallest absolute Gasteiger partial charge is 0.243 e. The first-order valence-corrected chi connectivity index (χ1v) is 8.34. The van der Waals surface area contributed by atoms with Crippen molar-refractivity contribution in [3.05, 3.63) is 12.4 Å². The Kier molecular flexibility index (Phi) is 3.51. The second-order valence-electron chi connectivity index (χ2n) is 5.43. The Morgan fingerprint density at radius 2 is 2.00 bits per heavy atom. The first kappa shape index (κ1) is 13.6. The Morgan fingerprint density at radius 3 is 2.55 bits per heavy atom. The highest BCUT2D eigenvalue weighted by atomic mass is 32.2. The van der Waals surface area contributed by atoms with Gasteiger partial charge in [-0.15, -0.1) is 0 Å². The van der Waals surface area contributed by atoms with E-state index in [1.54, 1.807) is 0 Å². The van der Waals surface area contributed by atoms with Crippen LogP contribution in [0.5, 0.6) is 0 Å². The van der Waals surface area contributed by atoms with Crippen LogP contribution in [0.2, 0.25) is 0 Å². The molecule has 1 amide bonds. The molecule has 20 heavy (non-hydrogen) atoms. The first-order valence-electron chi connectivity index (χ1n) is 6.86. The molecule has 2 aliphatic rings. The number of piperidine rings is 1. The molecule has 1 aliphatic carbocycles. The van der Waals surface area contributed by atoms with E-state index in [0.29, 0.717) is 25.9 Å². The molecule has 1 saturated carbocycles. The topological polar surface area (TPSA) is 95.2 Å². The maximum absolute atomic E-state index is 12.0. The van der Waals surface area contributed by atoms with Gasteiger partial charge in [-0.25, -0.2) is 13.1 Å². The van der Waals surface area contributed by atoms with E-state index in [9.17, 15) is 13.2 Å². The number of likely N-dealkylation sites (tertiary alicyclic amines) is 1. The number of nitrogens with one attached hydrogen (secondary N) is 2. The lowest BCUT2D eigenvalue weighted by atomic mass is 10.1. The van der Waals surface area contributed by atoms with E-state index in [1.165, 1.54) is 12.4 Å². The molecule has 0 unspecified atom stereocenters. The summed E-state index contributed by atoms with van der Waals surface area (Å²) < 4.78 is 26.8. The highest BCUT2D eigenvalue weighted by Crippen LogP contribution is 2.31. The zero-order valence-corrected chi connectivity index (χ0v) is 11.9. The minimum absolute atomic E-state index is 0.113. The van der Waals surface area contributed by atoms with Crippen LogP contribution < -0.4 is 4.72 Å². The molecule has 0 atom stereocenters. The van der Waals surface area contributed by atoms with Gasteiger partial charge in [0, 0.05) is 31.2 Å². The Labute approximate surface area is 117 Å². The van der Waals surface area contributed by atoms with Gasteiger partial charge < -0.3 is 4.90 Å². The normalized spacial score (nSPS) is 21.1. The molecule has 0 bridgehead atoms. The predicted octanol–water partition coefficient (Wildman–Crippen LogP) is 0.0890. The number of carbonyl (C=O) groups is 1. The number of rotatable bonds is 4. The first-order chi connectivity index (χ1) is 9.56. The summed E-state index contributed by atoms with van der Waals surface area (Å²) in [5, 5.41) is 6.14. The van der Waals surface area contributed by atoms with Gasteiger partial charge in [-0.2, -0.15) is 5.10 Å². The Balaban J connectivity index is 1.55. The molecule has 110 valence electrons. The number of amides is 1. The monoisotopic (exact) mass is 298 g/mol. The van der Waals surface area contributed by atoms with Gasteiger partial charge in [0.05, 0.1) is 6.20 Å². The molecule has 1 aliphatic heterocycles. The molecule has 0 spiro atoms. The molecule has 0 radical (unpaired) electrons. The molecule has 7 nitrogen and oxygen atoms in total. The van der Waals surface area contributed by atoms with Gasteiger partial charge >= 0.3 is 0 Å². The van der Waals surface area contributed by atoms with Crippen LogP contribution in [0.3, 0.4) is 0 Å². The maximum atomic E-state index is 12.0. The van der Waals surface area contributed by atoms with E-state index < -0.39 is 10.0 Å². The molecular formula is C12H18N4O3S. The summed E-state index contributed by atoms with van der Waals surface area (Å²) in [5.74, 6) is 0.468. The summed E-state index contributed by atoms with van der Waals surface area (Å²) in [6.45, 7) is 1.27. The van der Waals surface area contributed by atoms with Gasteiger partial charge in [0.2, 0.25) is 15.9 Å². The van der Waals surface area contributed by atoms with Crippen molar-refractivity contribution in [2.75, 3.05) is 13.1 Å². The fourth-order valence-electron chi connectivity index (χ4n) is 2.48. The van der Waals surface area contributed by atoms with Crippen LogP contribution in [0.4, 0.5) is 0 Å². The third kappa shape index (κ3) is 2.85. The highest BCUT2D eigenvalue weighted by Gasteiger charge is 2.35. The number of nitrogens with zero attached hydrogens (tertiary/aromatic N) is 2. The van der Waals surface area contributed by atoms with Crippen molar-refractivity contribution in [3.63, 3.8) is 0 Å². The van der Waals surface area contributed by atoms with Crippen molar-refractivity contribution in [3.8, 4) is 0 Å². The molecule has 2 fully saturated rings. The zero-order valence-electron chi connectivity index (χ0n) is 11.1. The van der Waals surface area contributed by atoms with Gasteiger partial charge in [-0.05, 0) is 25.7 Å². The van der Waals surface area contributed by atoms with E-state index in [4.69, 9.17) is 0 Å². The van der Waals surface area contributed by atoms with Crippen molar-refractivity contribution in [1.82, 2.24) is 19.8 Å². The molecule has 1 saturated heterocycles. The lowest BCUT2D eigenvalue weighted by molar-refractivity contribution is -0.133. The third-order valence-electron chi connectivity index (χ3n) is 3.84. The lowest BCUT2D eigenvalue weighted by Gasteiger charge is -2.32. The van der Waals surface area contributed by atoms with Crippen LogP contribution in [-0.2, 0) is 14.8 Å². The van der Waals surface area contributed by atoms with Crippen LogP contribution in [0.15, 0.2) is 17.3 Å². The summed E-state index contributed by atoms with van der Waals surface area (Å²) in [6, 6.07) is -0.113. The summed E-state index contributed by atoms with van der Waals surface area (Å²) in [6.07, 6.45) is 5.98. The summed E-state index contributed by atoms with van der Waals surface area (Å²) in [7, 11) is -3.51. The molecule has 3 rings (SSSR count).